The summed E-state index contributed by atoms with van der Waals surface area (Å²) < 4.78 is 0. The van der Waals surface area contributed by atoms with Crippen LogP contribution in [0.15, 0.2) is 36.4 Å². The second kappa shape index (κ2) is 4.18. The van der Waals surface area contributed by atoms with Crippen LogP contribution in [0.5, 0.6) is 0 Å². The zero-order chi connectivity index (χ0) is 11.5. The molecule has 0 radical (unpaired) electrons. The van der Waals surface area contributed by atoms with Crippen molar-refractivity contribution in [3.05, 3.63) is 47.5 Å². The maximum Gasteiger partial charge on any atom is 0.328 e. The number of benzene rings is 1. The third-order valence-electron chi connectivity index (χ3n) is 2.52. The van der Waals surface area contributed by atoms with E-state index >= 15 is 0 Å². The van der Waals surface area contributed by atoms with E-state index in [-0.39, 0.29) is 5.91 Å². The van der Waals surface area contributed by atoms with Gasteiger partial charge in [0.05, 0.1) is 0 Å². The van der Waals surface area contributed by atoms with E-state index in [1.807, 2.05) is 24.3 Å². The number of fused-ring (bicyclic) bond motifs is 1. The van der Waals surface area contributed by atoms with E-state index in [1.165, 1.54) is 0 Å². The molecule has 0 saturated carbocycles. The number of rotatable bonds is 2. The topological polar surface area (TPSA) is 57.6 Å². The molecule has 0 aromatic heterocycles. The van der Waals surface area contributed by atoms with Crippen molar-refractivity contribution in [1.29, 1.82) is 0 Å². The molecular weight excluding hydrogens is 206 g/mol. The molecule has 1 heterocycles. The van der Waals surface area contributed by atoms with E-state index in [2.05, 4.69) is 0 Å². The molecule has 0 bridgehead atoms. The highest BCUT2D eigenvalue weighted by molar-refractivity contribution is 5.94. The highest BCUT2D eigenvalue weighted by Crippen LogP contribution is 2.22. The van der Waals surface area contributed by atoms with Gasteiger partial charge in [0, 0.05) is 25.2 Å². The number of hydrogen-bond donors (Lipinski definition) is 1. The van der Waals surface area contributed by atoms with E-state index < -0.39 is 5.97 Å². The quantitative estimate of drug-likeness (QED) is 0.756. The minimum Gasteiger partial charge on any atom is -0.478 e. The van der Waals surface area contributed by atoms with Crippen LogP contribution in [0.2, 0.25) is 0 Å². The van der Waals surface area contributed by atoms with E-state index in [4.69, 9.17) is 5.11 Å². The Hall–Kier alpha value is -2.10. The van der Waals surface area contributed by atoms with Gasteiger partial charge in [-0.15, -0.1) is 0 Å². The van der Waals surface area contributed by atoms with Gasteiger partial charge in [0.2, 0.25) is 5.91 Å². The number of carbonyl (C=O) groups is 2. The fraction of sp³-hybridized carbons (Fsp3) is 0.167. The Balaban J connectivity index is 2.06. The zero-order valence-corrected chi connectivity index (χ0v) is 8.59. The second-order valence-electron chi connectivity index (χ2n) is 3.63. The van der Waals surface area contributed by atoms with Crippen molar-refractivity contribution in [2.45, 2.75) is 13.1 Å². The Labute approximate surface area is 92.8 Å². The molecule has 4 nitrogen and oxygen atoms in total. The molecule has 2 rings (SSSR count). The van der Waals surface area contributed by atoms with Crippen molar-refractivity contribution in [2.24, 2.45) is 0 Å². The lowest BCUT2D eigenvalue weighted by molar-refractivity contribution is -0.132. The molecule has 1 aromatic carbocycles. The Bertz CT molecular complexity index is 440. The summed E-state index contributed by atoms with van der Waals surface area (Å²) in [5.74, 6) is -1.37. The number of hydrogen-bond acceptors (Lipinski definition) is 2. The van der Waals surface area contributed by atoms with Crippen molar-refractivity contribution >= 4 is 11.9 Å². The van der Waals surface area contributed by atoms with Gasteiger partial charge in [-0.05, 0) is 11.1 Å². The molecule has 1 aromatic rings. The average molecular weight is 217 g/mol. The molecule has 0 atom stereocenters. The average Bonchev–Trinajstić information content (AvgIpc) is 2.69. The molecule has 1 aliphatic heterocycles. The number of nitrogens with zero attached hydrogens (tertiary/aromatic N) is 1. The summed E-state index contributed by atoms with van der Waals surface area (Å²) in [6, 6.07) is 7.81. The lowest BCUT2D eigenvalue weighted by Crippen LogP contribution is -2.23. The minimum atomic E-state index is -1.11. The van der Waals surface area contributed by atoms with E-state index in [0.717, 1.165) is 23.3 Å². The smallest absolute Gasteiger partial charge is 0.328 e. The SMILES string of the molecule is O=C(O)/C=C/C(=O)N1Cc2ccccc2C1. The van der Waals surface area contributed by atoms with Crippen molar-refractivity contribution in [2.75, 3.05) is 0 Å². The first-order valence-corrected chi connectivity index (χ1v) is 4.93. The van der Waals surface area contributed by atoms with E-state index in [9.17, 15) is 9.59 Å². The van der Waals surface area contributed by atoms with Crippen LogP contribution < -0.4 is 0 Å². The lowest BCUT2D eigenvalue weighted by Gasteiger charge is -2.11. The van der Waals surface area contributed by atoms with Crippen LogP contribution in [-0.4, -0.2) is 21.9 Å². The van der Waals surface area contributed by atoms with Crippen LogP contribution >= 0.6 is 0 Å². The first kappa shape index (κ1) is 10.4. The normalized spacial score (nSPS) is 14.1. The number of carbonyl (C=O) groups excluding carboxylic acids is 1. The third-order valence-corrected chi connectivity index (χ3v) is 2.52. The molecule has 1 amide bonds. The first-order valence-electron chi connectivity index (χ1n) is 4.93. The van der Waals surface area contributed by atoms with Gasteiger partial charge in [0.1, 0.15) is 0 Å². The summed E-state index contributed by atoms with van der Waals surface area (Å²) in [6.07, 6.45) is 1.96. The molecule has 4 heteroatoms. The van der Waals surface area contributed by atoms with Crippen molar-refractivity contribution < 1.29 is 14.7 Å². The molecule has 0 fully saturated rings. The van der Waals surface area contributed by atoms with Gasteiger partial charge in [-0.25, -0.2) is 4.79 Å². The number of aliphatic carboxylic acids is 1. The number of carboxylic acids is 1. The van der Waals surface area contributed by atoms with Gasteiger partial charge in [0.15, 0.2) is 0 Å². The fourth-order valence-electron chi connectivity index (χ4n) is 1.74. The summed E-state index contributed by atoms with van der Waals surface area (Å²) in [7, 11) is 0. The van der Waals surface area contributed by atoms with Gasteiger partial charge in [-0.3, -0.25) is 4.79 Å². The standard InChI is InChI=1S/C12H11NO3/c14-11(5-6-12(15)16)13-7-9-3-1-2-4-10(9)8-13/h1-6H,7-8H2,(H,15,16)/b6-5+. The molecular formula is C12H11NO3. The Kier molecular flexibility index (Phi) is 2.72. The van der Waals surface area contributed by atoms with Crippen LogP contribution in [-0.2, 0) is 22.7 Å². The Morgan fingerprint density at radius 1 is 1.12 bits per heavy atom. The Morgan fingerprint density at radius 3 is 2.19 bits per heavy atom. The van der Waals surface area contributed by atoms with Crippen molar-refractivity contribution in [1.82, 2.24) is 4.90 Å². The summed E-state index contributed by atoms with van der Waals surface area (Å²) in [5, 5.41) is 8.42. The van der Waals surface area contributed by atoms with Crippen LogP contribution in [0.4, 0.5) is 0 Å². The van der Waals surface area contributed by atoms with Gasteiger partial charge < -0.3 is 10.0 Å². The molecule has 1 aliphatic rings. The summed E-state index contributed by atoms with van der Waals surface area (Å²) in [4.78, 5) is 23.5. The maximum absolute atomic E-state index is 11.6. The fourth-order valence-corrected chi connectivity index (χ4v) is 1.74. The number of carboxylic acid groups (broad SMARTS) is 1. The predicted molar refractivity (Wildman–Crippen MR) is 57.5 cm³/mol. The van der Waals surface area contributed by atoms with Crippen LogP contribution in [0.3, 0.4) is 0 Å². The highest BCUT2D eigenvalue weighted by atomic mass is 16.4. The number of amides is 1. The van der Waals surface area contributed by atoms with E-state index in [0.29, 0.717) is 13.1 Å². The lowest BCUT2D eigenvalue weighted by atomic mass is 10.1. The van der Waals surface area contributed by atoms with Gasteiger partial charge >= 0.3 is 5.97 Å². The molecule has 0 unspecified atom stereocenters. The largest absolute Gasteiger partial charge is 0.478 e. The molecule has 0 aliphatic carbocycles. The molecule has 1 N–H and O–H groups in total. The van der Waals surface area contributed by atoms with Crippen LogP contribution in [0.1, 0.15) is 11.1 Å². The minimum absolute atomic E-state index is 0.265. The Morgan fingerprint density at radius 2 is 1.69 bits per heavy atom. The molecule has 0 spiro atoms. The van der Waals surface area contributed by atoms with Gasteiger partial charge in [-0.2, -0.15) is 0 Å². The van der Waals surface area contributed by atoms with Gasteiger partial charge in [0.25, 0.3) is 0 Å². The predicted octanol–water partition coefficient (Wildman–Crippen LogP) is 1.17. The maximum atomic E-state index is 11.6. The molecule has 16 heavy (non-hydrogen) atoms. The second-order valence-corrected chi connectivity index (χ2v) is 3.63. The molecule has 82 valence electrons. The first-order chi connectivity index (χ1) is 7.66. The van der Waals surface area contributed by atoms with Crippen molar-refractivity contribution in [3.8, 4) is 0 Å². The van der Waals surface area contributed by atoms with E-state index in [1.54, 1.807) is 4.90 Å². The monoisotopic (exact) mass is 217 g/mol. The highest BCUT2D eigenvalue weighted by Gasteiger charge is 2.20. The summed E-state index contributed by atoms with van der Waals surface area (Å²) >= 11 is 0. The third kappa shape index (κ3) is 2.11. The van der Waals surface area contributed by atoms with Crippen LogP contribution in [0.25, 0.3) is 0 Å². The summed E-state index contributed by atoms with van der Waals surface area (Å²) in [6.45, 7) is 1.11. The summed E-state index contributed by atoms with van der Waals surface area (Å²) in [5.41, 5.74) is 2.25. The van der Waals surface area contributed by atoms with Crippen molar-refractivity contribution in [3.63, 3.8) is 0 Å². The molecule has 0 saturated heterocycles. The van der Waals surface area contributed by atoms with Gasteiger partial charge in [-0.1, -0.05) is 24.3 Å². The zero-order valence-electron chi connectivity index (χ0n) is 8.59. The van der Waals surface area contributed by atoms with Crippen LogP contribution in [0, 0.1) is 0 Å².